The minimum absolute atomic E-state index is 0.00516. The molecule has 2 N–H and O–H groups in total. The number of carbonyl (C=O) groups excluding carboxylic acids is 2. The Kier molecular flexibility index (Phi) is 7.35. The van der Waals surface area contributed by atoms with Crippen LogP contribution in [-0.2, 0) is 4.79 Å². The molecule has 1 saturated heterocycles. The molecule has 2 heterocycles. The summed E-state index contributed by atoms with van der Waals surface area (Å²) in [6.07, 6.45) is 3.79. The lowest BCUT2D eigenvalue weighted by atomic mass is 10.1. The Morgan fingerprint density at radius 3 is 2.69 bits per heavy atom. The summed E-state index contributed by atoms with van der Waals surface area (Å²) in [4.78, 5) is 28.2. The van der Waals surface area contributed by atoms with E-state index in [0.717, 1.165) is 62.6 Å². The van der Waals surface area contributed by atoms with Gasteiger partial charge in [0, 0.05) is 45.3 Å². The van der Waals surface area contributed by atoms with Gasteiger partial charge in [-0.2, -0.15) is 0 Å². The van der Waals surface area contributed by atoms with E-state index in [2.05, 4.69) is 15.5 Å². The predicted octanol–water partition coefficient (Wildman–Crippen LogP) is 1.32. The highest BCUT2D eigenvalue weighted by Gasteiger charge is 2.20. The standard InChI is InChI=1S/C21H30N4O4/c1-22-21(27)25-11-9-24(10-12-25)8-4-3-7-23-20(26)17-13-16-14-18(28-2)5-6-19(16)29-15-17/h5-6,13-14H,3-4,7-12,15H2,1-2H3,(H,22,27)(H,23,26). The number of nitrogens with one attached hydrogen (secondary N) is 2. The normalized spacial score (nSPS) is 16.3. The highest BCUT2D eigenvalue weighted by molar-refractivity contribution is 5.99. The van der Waals surface area contributed by atoms with Crippen LogP contribution in [0.5, 0.6) is 11.5 Å². The van der Waals surface area contributed by atoms with Crippen LogP contribution in [0.3, 0.4) is 0 Å². The van der Waals surface area contributed by atoms with Crippen molar-refractivity contribution in [3.05, 3.63) is 29.3 Å². The summed E-state index contributed by atoms with van der Waals surface area (Å²) in [6, 6.07) is 5.56. The summed E-state index contributed by atoms with van der Waals surface area (Å²) in [5, 5.41) is 5.65. The summed E-state index contributed by atoms with van der Waals surface area (Å²) < 4.78 is 10.9. The number of benzene rings is 1. The number of carbonyl (C=O) groups is 2. The monoisotopic (exact) mass is 402 g/mol. The number of piperazine rings is 1. The molecule has 0 aliphatic carbocycles. The molecular weight excluding hydrogens is 372 g/mol. The van der Waals surface area contributed by atoms with Crippen molar-refractivity contribution in [2.45, 2.75) is 12.8 Å². The maximum absolute atomic E-state index is 12.4. The molecular formula is C21H30N4O4. The first-order valence-electron chi connectivity index (χ1n) is 10.1. The number of hydrogen-bond donors (Lipinski definition) is 2. The topological polar surface area (TPSA) is 83.1 Å². The number of hydrogen-bond acceptors (Lipinski definition) is 5. The summed E-state index contributed by atoms with van der Waals surface area (Å²) in [7, 11) is 3.28. The quantitative estimate of drug-likeness (QED) is 0.673. The molecule has 0 spiro atoms. The summed E-state index contributed by atoms with van der Waals surface area (Å²) in [6.45, 7) is 5.21. The Bertz CT molecular complexity index is 757. The zero-order valence-corrected chi connectivity index (χ0v) is 17.2. The van der Waals surface area contributed by atoms with E-state index in [1.54, 1.807) is 14.2 Å². The van der Waals surface area contributed by atoms with Gasteiger partial charge in [0.1, 0.15) is 18.1 Å². The van der Waals surface area contributed by atoms with Gasteiger partial charge in [-0.3, -0.25) is 9.69 Å². The summed E-state index contributed by atoms with van der Waals surface area (Å²) in [5.74, 6) is 1.41. The number of fused-ring (bicyclic) bond motifs is 1. The Morgan fingerprint density at radius 2 is 1.97 bits per heavy atom. The first kappa shape index (κ1) is 21.0. The van der Waals surface area contributed by atoms with Crippen LogP contribution in [0.15, 0.2) is 23.8 Å². The van der Waals surface area contributed by atoms with E-state index in [4.69, 9.17) is 9.47 Å². The fourth-order valence-electron chi connectivity index (χ4n) is 3.52. The molecule has 0 bridgehead atoms. The lowest BCUT2D eigenvalue weighted by Crippen LogP contribution is -2.51. The van der Waals surface area contributed by atoms with Crippen LogP contribution in [0.4, 0.5) is 4.79 Å². The fourth-order valence-corrected chi connectivity index (χ4v) is 3.52. The largest absolute Gasteiger partial charge is 0.497 e. The molecule has 3 amide bonds. The van der Waals surface area contributed by atoms with E-state index in [9.17, 15) is 9.59 Å². The van der Waals surface area contributed by atoms with Crippen LogP contribution in [0.1, 0.15) is 18.4 Å². The van der Waals surface area contributed by atoms with Gasteiger partial charge in [0.05, 0.1) is 12.7 Å². The zero-order chi connectivity index (χ0) is 20.6. The summed E-state index contributed by atoms with van der Waals surface area (Å²) in [5.41, 5.74) is 1.48. The van der Waals surface area contributed by atoms with E-state index in [0.29, 0.717) is 12.1 Å². The maximum atomic E-state index is 12.4. The molecule has 158 valence electrons. The second-order valence-corrected chi connectivity index (χ2v) is 7.21. The molecule has 8 heteroatoms. The van der Waals surface area contributed by atoms with E-state index in [1.807, 2.05) is 29.2 Å². The van der Waals surface area contributed by atoms with Gasteiger partial charge in [-0.05, 0) is 43.7 Å². The number of urea groups is 1. The van der Waals surface area contributed by atoms with Crippen LogP contribution in [0, 0.1) is 0 Å². The lowest BCUT2D eigenvalue weighted by Gasteiger charge is -2.34. The van der Waals surface area contributed by atoms with Crippen molar-refractivity contribution in [2.24, 2.45) is 0 Å². The lowest BCUT2D eigenvalue weighted by molar-refractivity contribution is -0.117. The molecule has 0 saturated carbocycles. The molecule has 0 radical (unpaired) electrons. The Morgan fingerprint density at radius 1 is 1.17 bits per heavy atom. The highest BCUT2D eigenvalue weighted by atomic mass is 16.5. The van der Waals surface area contributed by atoms with Crippen molar-refractivity contribution in [3.63, 3.8) is 0 Å². The molecule has 1 fully saturated rings. The molecule has 2 aliphatic heterocycles. The van der Waals surface area contributed by atoms with E-state index >= 15 is 0 Å². The fraction of sp³-hybridized carbons (Fsp3) is 0.524. The van der Waals surface area contributed by atoms with Crippen molar-refractivity contribution in [1.29, 1.82) is 0 Å². The minimum atomic E-state index is -0.0855. The number of methoxy groups -OCH3 is 1. The van der Waals surface area contributed by atoms with Crippen molar-refractivity contribution in [3.8, 4) is 11.5 Å². The average Bonchev–Trinajstić information content (AvgIpc) is 2.77. The Hall–Kier alpha value is -2.74. The van der Waals surface area contributed by atoms with Crippen molar-refractivity contribution >= 4 is 18.0 Å². The van der Waals surface area contributed by atoms with Gasteiger partial charge < -0.3 is 25.0 Å². The van der Waals surface area contributed by atoms with Gasteiger partial charge >= 0.3 is 6.03 Å². The molecule has 2 aliphatic rings. The second-order valence-electron chi connectivity index (χ2n) is 7.21. The van der Waals surface area contributed by atoms with Gasteiger partial charge in [0.25, 0.3) is 5.91 Å². The smallest absolute Gasteiger partial charge is 0.317 e. The van der Waals surface area contributed by atoms with Gasteiger partial charge in [-0.15, -0.1) is 0 Å². The Labute approximate surface area is 171 Å². The molecule has 29 heavy (non-hydrogen) atoms. The van der Waals surface area contributed by atoms with Gasteiger partial charge in [-0.25, -0.2) is 4.79 Å². The molecule has 1 aromatic rings. The van der Waals surface area contributed by atoms with Crippen LogP contribution >= 0.6 is 0 Å². The number of amides is 3. The van der Waals surface area contributed by atoms with E-state index < -0.39 is 0 Å². The number of nitrogens with zero attached hydrogens (tertiary/aromatic N) is 2. The molecule has 1 aromatic carbocycles. The van der Waals surface area contributed by atoms with E-state index in [-0.39, 0.29) is 18.5 Å². The van der Waals surface area contributed by atoms with Gasteiger partial charge in [0.2, 0.25) is 0 Å². The van der Waals surface area contributed by atoms with Gasteiger partial charge in [0.15, 0.2) is 0 Å². The predicted molar refractivity (Wildman–Crippen MR) is 111 cm³/mol. The van der Waals surface area contributed by atoms with E-state index in [1.165, 1.54) is 0 Å². The maximum Gasteiger partial charge on any atom is 0.317 e. The average molecular weight is 402 g/mol. The molecule has 8 nitrogen and oxygen atoms in total. The molecule has 0 unspecified atom stereocenters. The highest BCUT2D eigenvalue weighted by Crippen LogP contribution is 2.29. The van der Waals surface area contributed by atoms with Gasteiger partial charge in [-0.1, -0.05) is 0 Å². The van der Waals surface area contributed by atoms with Crippen LogP contribution in [0.25, 0.3) is 6.08 Å². The minimum Gasteiger partial charge on any atom is -0.497 e. The first-order chi connectivity index (χ1) is 14.1. The first-order valence-corrected chi connectivity index (χ1v) is 10.1. The third-order valence-corrected chi connectivity index (χ3v) is 5.28. The van der Waals surface area contributed by atoms with Crippen molar-refractivity contribution in [2.75, 3.05) is 60.0 Å². The SMILES string of the molecule is CNC(=O)N1CCN(CCCCNC(=O)C2=Cc3cc(OC)ccc3OC2)CC1. The zero-order valence-electron chi connectivity index (χ0n) is 17.2. The van der Waals surface area contributed by atoms with Crippen LogP contribution in [-0.4, -0.2) is 81.8 Å². The third kappa shape index (κ3) is 5.63. The number of ether oxygens (including phenoxy) is 2. The van der Waals surface area contributed by atoms with Crippen LogP contribution in [0.2, 0.25) is 0 Å². The van der Waals surface area contributed by atoms with Crippen molar-refractivity contribution < 1.29 is 19.1 Å². The Balaban J connectivity index is 1.35. The molecule has 0 atom stereocenters. The van der Waals surface area contributed by atoms with Crippen LogP contribution < -0.4 is 20.1 Å². The molecule has 3 rings (SSSR count). The number of rotatable bonds is 7. The van der Waals surface area contributed by atoms with Crippen molar-refractivity contribution in [1.82, 2.24) is 20.4 Å². The second kappa shape index (κ2) is 10.2. The summed E-state index contributed by atoms with van der Waals surface area (Å²) >= 11 is 0. The molecule has 0 aromatic heterocycles. The third-order valence-electron chi connectivity index (χ3n) is 5.28. The number of unbranched alkanes of at least 4 members (excludes halogenated alkanes) is 1.